The van der Waals surface area contributed by atoms with E-state index in [1.54, 1.807) is 16.8 Å². The highest BCUT2D eigenvalue weighted by atomic mass is 79.9. The minimum absolute atomic E-state index is 0.0771. The first-order valence-corrected chi connectivity index (χ1v) is 7.83. The molecule has 1 aromatic heterocycles. The number of amides is 1. The maximum Gasteiger partial charge on any atom is 0.312 e. The third-order valence-corrected chi connectivity index (χ3v) is 3.91. The van der Waals surface area contributed by atoms with Crippen LogP contribution in [-0.4, -0.2) is 28.1 Å². The normalized spacial score (nSPS) is 12.0. The number of halogens is 2. The fourth-order valence-corrected chi connectivity index (χ4v) is 2.72. The molecule has 1 heterocycles. The third kappa shape index (κ3) is 4.19. The van der Waals surface area contributed by atoms with Crippen LogP contribution >= 0.6 is 15.9 Å². The van der Waals surface area contributed by atoms with Crippen LogP contribution in [-0.2, 0) is 11.3 Å². The van der Waals surface area contributed by atoms with Crippen molar-refractivity contribution in [2.75, 3.05) is 6.54 Å². The number of nitrogens with zero attached hydrogens (tertiary/aromatic N) is 1. The molecule has 7 heteroatoms. The molecule has 1 atom stereocenters. The van der Waals surface area contributed by atoms with Crippen LogP contribution in [0.1, 0.15) is 28.9 Å². The van der Waals surface area contributed by atoms with E-state index in [1.165, 1.54) is 24.3 Å². The Bertz CT molecular complexity index is 713. The molecule has 2 aromatic rings. The van der Waals surface area contributed by atoms with Gasteiger partial charge in [0.15, 0.2) is 0 Å². The summed E-state index contributed by atoms with van der Waals surface area (Å²) in [6.07, 6.45) is 1.78. The Balaban J connectivity index is 2.11. The standard InChI is InChI=1S/C16H16BrFN2O3/c1-2-20-9-11(17)7-14(20)15(21)19-8-13(16(22)23)10-3-5-12(18)6-4-10/h3-7,9,13H,2,8H2,1H3,(H,19,21)(H,22,23). The molecule has 0 bridgehead atoms. The molecule has 2 N–H and O–H groups in total. The van der Waals surface area contributed by atoms with Gasteiger partial charge in [-0.25, -0.2) is 4.39 Å². The van der Waals surface area contributed by atoms with Gasteiger partial charge in [-0.2, -0.15) is 0 Å². The zero-order valence-corrected chi connectivity index (χ0v) is 14.0. The van der Waals surface area contributed by atoms with Gasteiger partial charge >= 0.3 is 5.97 Å². The quantitative estimate of drug-likeness (QED) is 0.806. The van der Waals surface area contributed by atoms with Gasteiger partial charge in [-0.1, -0.05) is 12.1 Å². The topological polar surface area (TPSA) is 71.3 Å². The Kier molecular flexibility index (Phi) is 5.54. The highest BCUT2D eigenvalue weighted by molar-refractivity contribution is 9.10. The summed E-state index contributed by atoms with van der Waals surface area (Å²) < 4.78 is 15.5. The number of benzene rings is 1. The first-order chi connectivity index (χ1) is 10.9. The molecule has 0 spiro atoms. The Morgan fingerprint density at radius 2 is 2.00 bits per heavy atom. The highest BCUT2D eigenvalue weighted by Gasteiger charge is 2.22. The summed E-state index contributed by atoms with van der Waals surface area (Å²) in [5, 5.41) is 12.0. The molecule has 1 amide bonds. The predicted molar refractivity (Wildman–Crippen MR) is 86.9 cm³/mol. The summed E-state index contributed by atoms with van der Waals surface area (Å²) in [4.78, 5) is 23.6. The average Bonchev–Trinajstić information content (AvgIpc) is 2.90. The summed E-state index contributed by atoms with van der Waals surface area (Å²) in [7, 11) is 0. The van der Waals surface area contributed by atoms with E-state index in [0.29, 0.717) is 17.8 Å². The number of carbonyl (C=O) groups is 2. The molecular weight excluding hydrogens is 367 g/mol. The van der Waals surface area contributed by atoms with Gasteiger partial charge in [0, 0.05) is 23.8 Å². The van der Waals surface area contributed by atoms with Crippen molar-refractivity contribution >= 4 is 27.8 Å². The summed E-state index contributed by atoms with van der Waals surface area (Å²) in [6.45, 7) is 2.45. The van der Waals surface area contributed by atoms with Crippen molar-refractivity contribution < 1.29 is 19.1 Å². The third-order valence-electron chi connectivity index (χ3n) is 3.47. The van der Waals surface area contributed by atoms with E-state index in [-0.39, 0.29) is 12.5 Å². The Hall–Kier alpha value is -2.15. The van der Waals surface area contributed by atoms with Crippen LogP contribution in [0.2, 0.25) is 0 Å². The van der Waals surface area contributed by atoms with E-state index in [0.717, 1.165) is 4.47 Å². The number of hydrogen-bond acceptors (Lipinski definition) is 2. The SMILES string of the molecule is CCn1cc(Br)cc1C(=O)NCC(C(=O)O)c1ccc(F)cc1. The lowest BCUT2D eigenvalue weighted by molar-refractivity contribution is -0.138. The van der Waals surface area contributed by atoms with Crippen LogP contribution in [0.4, 0.5) is 4.39 Å². The molecule has 0 aliphatic heterocycles. The second-order valence-corrected chi connectivity index (χ2v) is 5.90. The van der Waals surface area contributed by atoms with Gasteiger partial charge in [0.05, 0.1) is 5.92 Å². The molecule has 23 heavy (non-hydrogen) atoms. The number of nitrogens with one attached hydrogen (secondary N) is 1. The Morgan fingerprint density at radius 1 is 1.35 bits per heavy atom. The number of aromatic nitrogens is 1. The number of carbonyl (C=O) groups excluding carboxylic acids is 1. The number of aryl methyl sites for hydroxylation is 1. The number of aliphatic carboxylic acids is 1. The van der Waals surface area contributed by atoms with E-state index in [4.69, 9.17) is 0 Å². The molecule has 0 fully saturated rings. The number of carboxylic acid groups (broad SMARTS) is 1. The fourth-order valence-electron chi connectivity index (χ4n) is 2.25. The molecule has 0 aliphatic carbocycles. The van der Waals surface area contributed by atoms with Crippen molar-refractivity contribution in [2.45, 2.75) is 19.4 Å². The largest absolute Gasteiger partial charge is 0.481 e. The van der Waals surface area contributed by atoms with Gasteiger partial charge in [-0.3, -0.25) is 9.59 Å². The van der Waals surface area contributed by atoms with Crippen LogP contribution in [0, 0.1) is 5.82 Å². The van der Waals surface area contributed by atoms with Gasteiger partial charge in [0.1, 0.15) is 11.5 Å². The predicted octanol–water partition coefficient (Wildman–Crippen LogP) is 3.01. The van der Waals surface area contributed by atoms with Crippen molar-refractivity contribution in [3.05, 3.63) is 58.1 Å². The molecule has 5 nitrogen and oxygen atoms in total. The van der Waals surface area contributed by atoms with Crippen LogP contribution in [0.3, 0.4) is 0 Å². The van der Waals surface area contributed by atoms with Crippen LogP contribution < -0.4 is 5.32 Å². The van der Waals surface area contributed by atoms with Crippen molar-refractivity contribution in [1.82, 2.24) is 9.88 Å². The molecule has 0 aliphatic rings. The van der Waals surface area contributed by atoms with Crippen LogP contribution in [0.15, 0.2) is 41.0 Å². The van der Waals surface area contributed by atoms with E-state index in [9.17, 15) is 19.1 Å². The monoisotopic (exact) mass is 382 g/mol. The molecule has 0 radical (unpaired) electrons. The zero-order valence-electron chi connectivity index (χ0n) is 12.4. The Labute approximate surface area is 141 Å². The second-order valence-electron chi connectivity index (χ2n) is 4.98. The van der Waals surface area contributed by atoms with Gasteiger partial charge < -0.3 is 15.0 Å². The van der Waals surface area contributed by atoms with Gasteiger partial charge in [0.2, 0.25) is 0 Å². The van der Waals surface area contributed by atoms with Crippen molar-refractivity contribution in [3.8, 4) is 0 Å². The van der Waals surface area contributed by atoms with Crippen molar-refractivity contribution in [1.29, 1.82) is 0 Å². The van der Waals surface area contributed by atoms with Gasteiger partial charge in [-0.05, 0) is 46.6 Å². The lowest BCUT2D eigenvalue weighted by Crippen LogP contribution is -2.32. The first kappa shape index (κ1) is 17.2. The molecule has 122 valence electrons. The van der Waals surface area contributed by atoms with E-state index in [1.807, 2.05) is 6.92 Å². The molecular formula is C16H16BrFN2O3. The van der Waals surface area contributed by atoms with Gasteiger partial charge in [-0.15, -0.1) is 0 Å². The van der Waals surface area contributed by atoms with E-state index in [2.05, 4.69) is 21.2 Å². The minimum atomic E-state index is -1.08. The second kappa shape index (κ2) is 7.41. The van der Waals surface area contributed by atoms with Crippen LogP contribution in [0.25, 0.3) is 0 Å². The van der Waals surface area contributed by atoms with E-state index >= 15 is 0 Å². The summed E-state index contributed by atoms with van der Waals surface area (Å²) in [6, 6.07) is 6.89. The zero-order chi connectivity index (χ0) is 17.0. The summed E-state index contributed by atoms with van der Waals surface area (Å²) in [5.74, 6) is -2.81. The van der Waals surface area contributed by atoms with Crippen molar-refractivity contribution in [2.24, 2.45) is 0 Å². The van der Waals surface area contributed by atoms with Gasteiger partial charge in [0.25, 0.3) is 5.91 Å². The van der Waals surface area contributed by atoms with Crippen molar-refractivity contribution in [3.63, 3.8) is 0 Å². The summed E-state index contributed by atoms with van der Waals surface area (Å²) in [5.41, 5.74) is 0.883. The lowest BCUT2D eigenvalue weighted by atomic mass is 9.99. The molecule has 0 saturated heterocycles. The summed E-state index contributed by atoms with van der Waals surface area (Å²) >= 11 is 3.31. The number of rotatable bonds is 6. The Morgan fingerprint density at radius 3 is 2.57 bits per heavy atom. The maximum absolute atomic E-state index is 12.9. The van der Waals surface area contributed by atoms with E-state index < -0.39 is 17.7 Å². The molecule has 0 saturated carbocycles. The maximum atomic E-state index is 12.9. The minimum Gasteiger partial charge on any atom is -0.481 e. The number of carboxylic acids is 1. The average molecular weight is 383 g/mol. The highest BCUT2D eigenvalue weighted by Crippen LogP contribution is 2.18. The lowest BCUT2D eigenvalue weighted by Gasteiger charge is -2.14. The molecule has 1 unspecified atom stereocenters. The molecule has 2 rings (SSSR count). The fraction of sp³-hybridized carbons (Fsp3) is 0.250. The first-order valence-electron chi connectivity index (χ1n) is 7.04. The number of hydrogen-bond donors (Lipinski definition) is 2. The smallest absolute Gasteiger partial charge is 0.312 e. The van der Waals surface area contributed by atoms with Crippen LogP contribution in [0.5, 0.6) is 0 Å². The molecule has 1 aromatic carbocycles.